The number of benzene rings is 1. The highest BCUT2D eigenvalue weighted by molar-refractivity contribution is 9.10. The molecule has 1 heterocycles. The van der Waals surface area contributed by atoms with E-state index in [2.05, 4.69) is 26.6 Å². The van der Waals surface area contributed by atoms with Gasteiger partial charge in [0.25, 0.3) is 5.91 Å². The van der Waals surface area contributed by atoms with Crippen molar-refractivity contribution in [1.29, 1.82) is 0 Å². The minimum Gasteiger partial charge on any atom is -0.352 e. The smallest absolute Gasteiger partial charge is 0.252 e. The maximum Gasteiger partial charge on any atom is 0.252 e. The van der Waals surface area contributed by atoms with Crippen LogP contribution in [0, 0.1) is 11.7 Å². The van der Waals surface area contributed by atoms with E-state index >= 15 is 0 Å². The molecule has 0 saturated carbocycles. The normalized spacial score (nSPS) is 18.2. The summed E-state index contributed by atoms with van der Waals surface area (Å²) >= 11 is 3.21. The summed E-state index contributed by atoms with van der Waals surface area (Å²) in [6, 6.07) is 4.10. The molecule has 1 aliphatic heterocycles. The molecule has 0 radical (unpaired) electrons. The third-order valence-electron chi connectivity index (χ3n) is 3.41. The Morgan fingerprint density at radius 2 is 2.30 bits per heavy atom. The molecule has 20 heavy (non-hydrogen) atoms. The fourth-order valence-corrected chi connectivity index (χ4v) is 2.86. The van der Waals surface area contributed by atoms with Crippen LogP contribution in [0.3, 0.4) is 0 Å². The van der Waals surface area contributed by atoms with E-state index in [-0.39, 0.29) is 24.1 Å². The topological polar surface area (TPSA) is 41.1 Å². The molecule has 2 N–H and O–H groups in total. The SMILES string of the molecule is Cl.O=C(NCCC1CCCNC1)c1ccc(F)cc1Br. The molecule has 1 saturated heterocycles. The van der Waals surface area contributed by atoms with Gasteiger partial charge in [-0.25, -0.2) is 4.39 Å². The summed E-state index contributed by atoms with van der Waals surface area (Å²) in [7, 11) is 0. The summed E-state index contributed by atoms with van der Waals surface area (Å²) in [5.74, 6) is 0.137. The van der Waals surface area contributed by atoms with Crippen LogP contribution in [-0.4, -0.2) is 25.5 Å². The molecule has 1 unspecified atom stereocenters. The molecule has 2 rings (SSSR count). The van der Waals surface area contributed by atoms with Gasteiger partial charge in [-0.3, -0.25) is 4.79 Å². The van der Waals surface area contributed by atoms with E-state index in [1.165, 1.54) is 31.0 Å². The van der Waals surface area contributed by atoms with Gasteiger partial charge in [-0.1, -0.05) is 0 Å². The lowest BCUT2D eigenvalue weighted by Crippen LogP contribution is -2.33. The predicted octanol–water partition coefficient (Wildman–Crippen LogP) is 3.13. The molecular weight excluding hydrogens is 347 g/mol. The number of piperidine rings is 1. The van der Waals surface area contributed by atoms with Gasteiger partial charge in [-0.05, 0) is 72.4 Å². The Morgan fingerprint density at radius 3 is 2.95 bits per heavy atom. The Morgan fingerprint density at radius 1 is 1.50 bits per heavy atom. The third kappa shape index (κ3) is 5.04. The number of amides is 1. The third-order valence-corrected chi connectivity index (χ3v) is 4.07. The quantitative estimate of drug-likeness (QED) is 0.861. The predicted molar refractivity (Wildman–Crippen MR) is 83.9 cm³/mol. The number of hydrogen-bond donors (Lipinski definition) is 2. The van der Waals surface area contributed by atoms with Gasteiger partial charge in [-0.15, -0.1) is 12.4 Å². The molecule has 0 bridgehead atoms. The second kappa shape index (κ2) is 8.60. The van der Waals surface area contributed by atoms with Crippen LogP contribution < -0.4 is 10.6 Å². The molecule has 3 nitrogen and oxygen atoms in total. The fraction of sp³-hybridized carbons (Fsp3) is 0.500. The van der Waals surface area contributed by atoms with Crippen molar-refractivity contribution in [2.75, 3.05) is 19.6 Å². The maximum atomic E-state index is 12.9. The summed E-state index contributed by atoms with van der Waals surface area (Å²) in [6.07, 6.45) is 3.42. The Balaban J connectivity index is 0.00000200. The van der Waals surface area contributed by atoms with Gasteiger partial charge in [-0.2, -0.15) is 0 Å². The number of carbonyl (C=O) groups excluding carboxylic acids is 1. The van der Waals surface area contributed by atoms with Gasteiger partial charge >= 0.3 is 0 Å². The lowest BCUT2D eigenvalue weighted by molar-refractivity contribution is 0.0950. The molecule has 0 spiro atoms. The van der Waals surface area contributed by atoms with E-state index in [4.69, 9.17) is 0 Å². The molecule has 1 atom stereocenters. The number of rotatable bonds is 4. The first-order valence-corrected chi connectivity index (χ1v) is 7.40. The molecule has 0 aliphatic carbocycles. The zero-order chi connectivity index (χ0) is 13.7. The first-order chi connectivity index (χ1) is 9.16. The van der Waals surface area contributed by atoms with E-state index in [0.717, 1.165) is 19.5 Å². The van der Waals surface area contributed by atoms with Crippen molar-refractivity contribution < 1.29 is 9.18 Å². The van der Waals surface area contributed by atoms with E-state index < -0.39 is 0 Å². The highest BCUT2D eigenvalue weighted by Crippen LogP contribution is 2.18. The van der Waals surface area contributed by atoms with E-state index in [1.807, 2.05) is 0 Å². The van der Waals surface area contributed by atoms with Crippen molar-refractivity contribution >= 4 is 34.2 Å². The number of carbonyl (C=O) groups is 1. The van der Waals surface area contributed by atoms with E-state index in [0.29, 0.717) is 22.5 Å². The lowest BCUT2D eigenvalue weighted by Gasteiger charge is -2.22. The molecule has 0 aromatic heterocycles. The average molecular weight is 366 g/mol. The van der Waals surface area contributed by atoms with Crippen molar-refractivity contribution in [3.05, 3.63) is 34.1 Å². The standard InChI is InChI=1S/C14H18BrFN2O.ClH/c15-13-8-11(16)3-4-12(13)14(19)18-7-5-10-2-1-6-17-9-10;/h3-4,8,10,17H,1-2,5-7,9H2,(H,18,19);1H. The van der Waals surface area contributed by atoms with Crippen molar-refractivity contribution in [3.63, 3.8) is 0 Å². The lowest BCUT2D eigenvalue weighted by atomic mass is 9.96. The molecule has 1 aliphatic rings. The maximum absolute atomic E-state index is 12.9. The van der Waals surface area contributed by atoms with Crippen LogP contribution in [0.4, 0.5) is 4.39 Å². The summed E-state index contributed by atoms with van der Waals surface area (Å²) in [5.41, 5.74) is 0.475. The number of hydrogen-bond acceptors (Lipinski definition) is 2. The van der Waals surface area contributed by atoms with Gasteiger partial charge in [0.15, 0.2) is 0 Å². The minimum atomic E-state index is -0.350. The van der Waals surface area contributed by atoms with Gasteiger partial charge in [0.05, 0.1) is 5.56 Å². The monoisotopic (exact) mass is 364 g/mol. The van der Waals surface area contributed by atoms with Crippen molar-refractivity contribution in [2.45, 2.75) is 19.3 Å². The van der Waals surface area contributed by atoms with Crippen molar-refractivity contribution in [2.24, 2.45) is 5.92 Å². The highest BCUT2D eigenvalue weighted by atomic mass is 79.9. The largest absolute Gasteiger partial charge is 0.352 e. The highest BCUT2D eigenvalue weighted by Gasteiger charge is 2.14. The molecule has 1 amide bonds. The van der Waals surface area contributed by atoms with Crippen LogP contribution in [0.15, 0.2) is 22.7 Å². The van der Waals surface area contributed by atoms with E-state index in [9.17, 15) is 9.18 Å². The Labute approximate surface area is 133 Å². The number of nitrogens with one attached hydrogen (secondary N) is 2. The zero-order valence-electron chi connectivity index (χ0n) is 11.1. The average Bonchev–Trinajstić information content (AvgIpc) is 2.39. The van der Waals surface area contributed by atoms with Gasteiger partial charge in [0, 0.05) is 11.0 Å². The first-order valence-electron chi connectivity index (χ1n) is 6.61. The van der Waals surface area contributed by atoms with Crippen LogP contribution >= 0.6 is 28.3 Å². The Hall–Kier alpha value is -0.650. The van der Waals surface area contributed by atoms with Crippen LogP contribution in [0.25, 0.3) is 0 Å². The second-order valence-electron chi connectivity index (χ2n) is 4.88. The molecule has 6 heteroatoms. The van der Waals surface area contributed by atoms with Crippen LogP contribution in [0.1, 0.15) is 29.6 Å². The minimum absolute atomic E-state index is 0. The Kier molecular flexibility index (Phi) is 7.48. The molecule has 112 valence electrons. The first kappa shape index (κ1) is 17.4. The Bertz CT molecular complexity index is 453. The summed E-state index contributed by atoms with van der Waals surface area (Å²) < 4.78 is 13.4. The molecule has 1 fully saturated rings. The molecular formula is C14H19BrClFN2O. The fourth-order valence-electron chi connectivity index (χ4n) is 2.33. The van der Waals surface area contributed by atoms with E-state index in [1.54, 1.807) is 0 Å². The van der Waals surface area contributed by atoms with Gasteiger partial charge in [0.1, 0.15) is 5.82 Å². The molecule has 1 aromatic carbocycles. The summed E-state index contributed by atoms with van der Waals surface area (Å²) in [4.78, 5) is 11.9. The van der Waals surface area contributed by atoms with Crippen LogP contribution in [0.2, 0.25) is 0 Å². The van der Waals surface area contributed by atoms with Crippen LogP contribution in [0.5, 0.6) is 0 Å². The zero-order valence-corrected chi connectivity index (χ0v) is 13.5. The van der Waals surface area contributed by atoms with Crippen molar-refractivity contribution in [3.8, 4) is 0 Å². The summed E-state index contributed by atoms with van der Waals surface area (Å²) in [5, 5.41) is 6.25. The van der Waals surface area contributed by atoms with Crippen LogP contribution in [-0.2, 0) is 0 Å². The van der Waals surface area contributed by atoms with Gasteiger partial charge < -0.3 is 10.6 Å². The van der Waals surface area contributed by atoms with Crippen molar-refractivity contribution in [1.82, 2.24) is 10.6 Å². The summed E-state index contributed by atoms with van der Waals surface area (Å²) in [6.45, 7) is 2.80. The molecule has 1 aromatic rings. The second-order valence-corrected chi connectivity index (χ2v) is 5.74. The number of halogens is 3. The van der Waals surface area contributed by atoms with Gasteiger partial charge in [0.2, 0.25) is 0 Å².